The predicted octanol–water partition coefficient (Wildman–Crippen LogP) is 3.25. The first-order chi connectivity index (χ1) is 7.59. The van der Waals surface area contributed by atoms with Gasteiger partial charge in [0.25, 0.3) is 0 Å². The number of halogens is 1. The van der Waals surface area contributed by atoms with Crippen LogP contribution in [-0.2, 0) is 0 Å². The van der Waals surface area contributed by atoms with Crippen LogP contribution in [-0.4, -0.2) is 15.6 Å². The van der Waals surface area contributed by atoms with Crippen LogP contribution in [0.4, 0.5) is 0 Å². The molecule has 0 bridgehead atoms. The zero-order chi connectivity index (χ0) is 11.7. The summed E-state index contributed by atoms with van der Waals surface area (Å²) >= 11 is 3.44. The third-order valence-corrected chi connectivity index (χ3v) is 2.97. The zero-order valence-electron chi connectivity index (χ0n) is 8.64. The Morgan fingerprint density at radius 3 is 2.75 bits per heavy atom. The van der Waals surface area contributed by atoms with E-state index in [0.29, 0.717) is 0 Å². The monoisotopic (exact) mass is 279 g/mol. The topological polar surface area (TPSA) is 42.2 Å². The van der Waals surface area contributed by atoms with Crippen LogP contribution < -0.4 is 0 Å². The van der Waals surface area contributed by atoms with E-state index in [1.54, 1.807) is 22.9 Å². The third kappa shape index (κ3) is 1.88. The van der Waals surface area contributed by atoms with E-state index >= 15 is 0 Å². The maximum absolute atomic E-state index is 11.0. The number of carboxylic acid groups (broad SMARTS) is 1. The summed E-state index contributed by atoms with van der Waals surface area (Å²) in [5.41, 5.74) is 2.21. The van der Waals surface area contributed by atoms with Gasteiger partial charge in [0, 0.05) is 10.7 Å². The molecule has 1 heterocycles. The van der Waals surface area contributed by atoms with Crippen LogP contribution >= 0.6 is 15.9 Å². The Morgan fingerprint density at radius 1 is 1.38 bits per heavy atom. The molecule has 1 aromatic heterocycles. The molecule has 0 atom stereocenters. The lowest BCUT2D eigenvalue weighted by molar-refractivity contribution is 0.0688. The van der Waals surface area contributed by atoms with Gasteiger partial charge in [0.1, 0.15) is 5.69 Å². The van der Waals surface area contributed by atoms with E-state index in [4.69, 9.17) is 5.11 Å². The van der Waals surface area contributed by atoms with Crippen molar-refractivity contribution in [1.82, 2.24) is 4.57 Å². The summed E-state index contributed by atoms with van der Waals surface area (Å²) in [4.78, 5) is 11.0. The minimum absolute atomic E-state index is 0.254. The van der Waals surface area contributed by atoms with Crippen LogP contribution in [0.25, 0.3) is 5.69 Å². The molecular weight excluding hydrogens is 270 g/mol. The smallest absolute Gasteiger partial charge is 0.352 e. The molecule has 3 nitrogen and oxygen atoms in total. The Balaban J connectivity index is 2.59. The fourth-order valence-corrected chi connectivity index (χ4v) is 2.26. The molecule has 0 saturated heterocycles. The van der Waals surface area contributed by atoms with Gasteiger partial charge >= 0.3 is 5.97 Å². The highest BCUT2D eigenvalue weighted by Crippen LogP contribution is 2.24. The summed E-state index contributed by atoms with van der Waals surface area (Å²) in [5, 5.41) is 9.03. The van der Waals surface area contributed by atoms with Crippen molar-refractivity contribution in [2.75, 3.05) is 0 Å². The average molecular weight is 280 g/mol. The summed E-state index contributed by atoms with van der Waals surface area (Å²) in [6.45, 7) is 1.99. The molecule has 2 aromatic rings. The Morgan fingerprint density at radius 2 is 2.12 bits per heavy atom. The Bertz CT molecular complexity index is 546. The standard InChI is InChI=1S/C12H10BrNO2/c1-8-4-5-10(9(13)7-8)14-6-2-3-11(14)12(15)16/h2-7H,1H3,(H,15,16). The van der Waals surface area contributed by atoms with Gasteiger partial charge in [0.15, 0.2) is 0 Å². The zero-order valence-corrected chi connectivity index (χ0v) is 10.2. The molecule has 4 heteroatoms. The molecule has 0 unspecified atom stereocenters. The number of carboxylic acids is 1. The van der Waals surface area contributed by atoms with E-state index in [9.17, 15) is 4.79 Å². The van der Waals surface area contributed by atoms with E-state index in [2.05, 4.69) is 15.9 Å². The number of aromatic carboxylic acids is 1. The Hall–Kier alpha value is -1.55. The molecule has 82 valence electrons. The van der Waals surface area contributed by atoms with Crippen molar-refractivity contribution in [2.45, 2.75) is 6.92 Å². The van der Waals surface area contributed by atoms with Gasteiger partial charge in [-0.15, -0.1) is 0 Å². The number of aromatic nitrogens is 1. The van der Waals surface area contributed by atoms with Crippen LogP contribution in [0.5, 0.6) is 0 Å². The van der Waals surface area contributed by atoms with Crippen LogP contribution in [0.3, 0.4) is 0 Å². The van der Waals surface area contributed by atoms with Crippen LogP contribution in [0.1, 0.15) is 16.1 Å². The van der Waals surface area contributed by atoms with E-state index < -0.39 is 5.97 Å². The second-order valence-electron chi connectivity index (χ2n) is 3.52. The van der Waals surface area contributed by atoms with Crippen LogP contribution in [0.15, 0.2) is 41.0 Å². The lowest BCUT2D eigenvalue weighted by Gasteiger charge is -2.09. The number of hydrogen-bond donors (Lipinski definition) is 1. The second-order valence-corrected chi connectivity index (χ2v) is 4.38. The first-order valence-electron chi connectivity index (χ1n) is 4.77. The van der Waals surface area contributed by atoms with Gasteiger partial charge in [0.05, 0.1) is 5.69 Å². The maximum atomic E-state index is 11.0. The number of carbonyl (C=O) groups is 1. The highest BCUT2D eigenvalue weighted by molar-refractivity contribution is 9.10. The molecule has 2 rings (SSSR count). The number of rotatable bonds is 2. The molecule has 0 aliphatic heterocycles. The van der Waals surface area contributed by atoms with Crippen molar-refractivity contribution >= 4 is 21.9 Å². The Kier molecular flexibility index (Phi) is 2.83. The minimum atomic E-state index is -0.933. The molecule has 0 amide bonds. The molecule has 1 aromatic carbocycles. The lowest BCUT2D eigenvalue weighted by atomic mass is 10.2. The molecule has 0 aliphatic carbocycles. The average Bonchev–Trinajstić information content (AvgIpc) is 2.66. The van der Waals surface area contributed by atoms with Crippen LogP contribution in [0.2, 0.25) is 0 Å². The van der Waals surface area contributed by atoms with E-state index in [1.807, 2.05) is 25.1 Å². The van der Waals surface area contributed by atoms with Gasteiger partial charge in [-0.05, 0) is 52.7 Å². The van der Waals surface area contributed by atoms with E-state index in [1.165, 1.54) is 0 Å². The highest BCUT2D eigenvalue weighted by atomic mass is 79.9. The number of benzene rings is 1. The van der Waals surface area contributed by atoms with Crippen molar-refractivity contribution in [2.24, 2.45) is 0 Å². The predicted molar refractivity (Wildman–Crippen MR) is 65.2 cm³/mol. The summed E-state index contributed by atoms with van der Waals surface area (Å²) in [6.07, 6.45) is 1.74. The normalized spacial score (nSPS) is 10.4. The van der Waals surface area contributed by atoms with Gasteiger partial charge in [-0.1, -0.05) is 6.07 Å². The summed E-state index contributed by atoms with van der Waals surface area (Å²) < 4.78 is 2.53. The number of aryl methyl sites for hydroxylation is 1. The van der Waals surface area contributed by atoms with Crippen molar-refractivity contribution in [1.29, 1.82) is 0 Å². The molecule has 0 radical (unpaired) electrons. The lowest BCUT2D eigenvalue weighted by Crippen LogP contribution is -2.06. The van der Waals surface area contributed by atoms with Gasteiger partial charge < -0.3 is 9.67 Å². The second kappa shape index (κ2) is 4.14. The van der Waals surface area contributed by atoms with Crippen LogP contribution in [0, 0.1) is 6.92 Å². The van der Waals surface area contributed by atoms with Crippen molar-refractivity contribution in [3.05, 3.63) is 52.3 Å². The maximum Gasteiger partial charge on any atom is 0.352 e. The fourth-order valence-electron chi connectivity index (χ4n) is 1.57. The molecule has 0 spiro atoms. The van der Waals surface area contributed by atoms with Gasteiger partial charge in [0.2, 0.25) is 0 Å². The molecular formula is C12H10BrNO2. The first-order valence-corrected chi connectivity index (χ1v) is 5.56. The molecule has 1 N–H and O–H groups in total. The van der Waals surface area contributed by atoms with E-state index in [-0.39, 0.29) is 5.69 Å². The SMILES string of the molecule is Cc1ccc(-n2cccc2C(=O)O)c(Br)c1. The summed E-state index contributed by atoms with van der Waals surface area (Å²) in [5.74, 6) is -0.933. The molecule has 0 aliphatic rings. The summed E-state index contributed by atoms with van der Waals surface area (Å²) in [7, 11) is 0. The minimum Gasteiger partial charge on any atom is -0.477 e. The molecule has 0 fully saturated rings. The van der Waals surface area contributed by atoms with Crippen molar-refractivity contribution in [3.63, 3.8) is 0 Å². The third-order valence-electron chi connectivity index (χ3n) is 2.33. The van der Waals surface area contributed by atoms with Gasteiger partial charge in [-0.3, -0.25) is 0 Å². The van der Waals surface area contributed by atoms with Crippen molar-refractivity contribution in [3.8, 4) is 5.69 Å². The fraction of sp³-hybridized carbons (Fsp3) is 0.0833. The van der Waals surface area contributed by atoms with Gasteiger partial charge in [-0.25, -0.2) is 4.79 Å². The molecule has 0 saturated carbocycles. The van der Waals surface area contributed by atoms with E-state index in [0.717, 1.165) is 15.7 Å². The summed E-state index contributed by atoms with van der Waals surface area (Å²) in [6, 6.07) is 9.10. The number of nitrogens with zero attached hydrogens (tertiary/aromatic N) is 1. The molecule has 16 heavy (non-hydrogen) atoms. The van der Waals surface area contributed by atoms with Gasteiger partial charge in [-0.2, -0.15) is 0 Å². The Labute approximate surface area is 101 Å². The number of hydrogen-bond acceptors (Lipinski definition) is 1. The van der Waals surface area contributed by atoms with Crippen molar-refractivity contribution < 1.29 is 9.90 Å². The largest absolute Gasteiger partial charge is 0.477 e. The quantitative estimate of drug-likeness (QED) is 0.917. The highest BCUT2D eigenvalue weighted by Gasteiger charge is 2.11. The first kappa shape index (κ1) is 11.0.